The van der Waals surface area contributed by atoms with Gasteiger partial charge in [0.1, 0.15) is 18.8 Å². The third-order valence-electron chi connectivity index (χ3n) is 2.11. The predicted octanol–water partition coefficient (Wildman–Crippen LogP) is 1.71. The third kappa shape index (κ3) is 2.29. The molecule has 3 N–H and O–H groups in total. The summed E-state index contributed by atoms with van der Waals surface area (Å²) in [6.45, 7) is 2.37. The van der Waals surface area contributed by atoms with Gasteiger partial charge < -0.3 is 10.2 Å². The molecule has 0 saturated carbocycles. The first-order chi connectivity index (χ1) is 7.81. The topological polar surface area (TPSA) is 73.1 Å². The third-order valence-corrected chi connectivity index (χ3v) is 2.96. The monoisotopic (exact) mass is 236 g/mol. The number of anilines is 1. The van der Waals surface area contributed by atoms with Crippen molar-refractivity contribution in [2.75, 3.05) is 5.43 Å². The molecule has 16 heavy (non-hydrogen) atoms. The van der Waals surface area contributed by atoms with Gasteiger partial charge in [0.2, 0.25) is 5.88 Å². The highest BCUT2D eigenvalue weighted by Crippen LogP contribution is 2.21. The minimum absolute atomic E-state index is 0.513. The van der Waals surface area contributed by atoms with Crippen LogP contribution in [-0.2, 0) is 6.61 Å². The van der Waals surface area contributed by atoms with Gasteiger partial charge in [0.25, 0.3) is 0 Å². The Morgan fingerprint density at radius 1 is 1.50 bits per heavy atom. The maximum atomic E-state index is 5.59. The number of hydrogen-bond donors (Lipinski definition) is 2. The molecule has 0 atom stereocenters. The average molecular weight is 236 g/mol. The van der Waals surface area contributed by atoms with E-state index in [-0.39, 0.29) is 0 Å². The summed E-state index contributed by atoms with van der Waals surface area (Å²) in [6.07, 6.45) is 1.42. The fourth-order valence-electron chi connectivity index (χ4n) is 1.26. The molecule has 0 fully saturated rings. The van der Waals surface area contributed by atoms with Crippen LogP contribution in [0.5, 0.6) is 5.88 Å². The molecule has 0 unspecified atom stereocenters. The normalized spacial score (nSPS) is 10.1. The predicted molar refractivity (Wildman–Crippen MR) is 63.2 cm³/mol. The fourth-order valence-corrected chi connectivity index (χ4v) is 1.88. The van der Waals surface area contributed by atoms with Crippen molar-refractivity contribution >= 4 is 17.2 Å². The molecular weight excluding hydrogens is 224 g/mol. The van der Waals surface area contributed by atoms with Crippen LogP contribution in [-0.4, -0.2) is 9.97 Å². The van der Waals surface area contributed by atoms with Crippen molar-refractivity contribution < 1.29 is 4.74 Å². The van der Waals surface area contributed by atoms with Crippen molar-refractivity contribution in [3.8, 4) is 5.88 Å². The highest BCUT2D eigenvalue weighted by Gasteiger charge is 2.07. The molecule has 0 aliphatic heterocycles. The lowest BCUT2D eigenvalue weighted by atomic mass is 10.3. The quantitative estimate of drug-likeness (QED) is 0.624. The number of hydrazine groups is 1. The van der Waals surface area contributed by atoms with Crippen LogP contribution >= 0.6 is 11.3 Å². The number of nitrogens with zero attached hydrogens (tertiary/aromatic N) is 2. The number of nitrogens with two attached hydrogens (primary N) is 1. The van der Waals surface area contributed by atoms with Crippen LogP contribution < -0.4 is 16.0 Å². The molecule has 0 amide bonds. The van der Waals surface area contributed by atoms with Gasteiger partial charge in [0, 0.05) is 4.88 Å². The SMILES string of the molecule is Cc1c(NN)ncnc1OCc1cccs1. The van der Waals surface area contributed by atoms with E-state index in [2.05, 4.69) is 15.4 Å². The van der Waals surface area contributed by atoms with E-state index in [1.165, 1.54) is 6.33 Å². The minimum Gasteiger partial charge on any atom is -0.472 e. The molecule has 0 bridgehead atoms. The van der Waals surface area contributed by atoms with E-state index in [1.807, 2.05) is 24.4 Å². The molecule has 5 nitrogen and oxygen atoms in total. The molecule has 0 aliphatic rings. The Morgan fingerprint density at radius 3 is 3.06 bits per heavy atom. The molecule has 2 heterocycles. The van der Waals surface area contributed by atoms with E-state index < -0.39 is 0 Å². The lowest BCUT2D eigenvalue weighted by Gasteiger charge is -2.09. The summed E-state index contributed by atoms with van der Waals surface area (Å²) in [5.41, 5.74) is 3.31. The van der Waals surface area contributed by atoms with Crippen molar-refractivity contribution in [1.82, 2.24) is 9.97 Å². The van der Waals surface area contributed by atoms with Crippen LogP contribution in [0.25, 0.3) is 0 Å². The van der Waals surface area contributed by atoms with Gasteiger partial charge in [0.05, 0.1) is 5.56 Å². The summed E-state index contributed by atoms with van der Waals surface area (Å²) in [6, 6.07) is 4.01. The summed E-state index contributed by atoms with van der Waals surface area (Å²) in [4.78, 5) is 9.19. The Kier molecular flexibility index (Phi) is 3.33. The highest BCUT2D eigenvalue weighted by molar-refractivity contribution is 7.09. The van der Waals surface area contributed by atoms with Crippen LogP contribution in [0.2, 0.25) is 0 Å². The zero-order valence-corrected chi connectivity index (χ0v) is 9.62. The Bertz CT molecular complexity index is 458. The molecule has 2 rings (SSSR count). The van der Waals surface area contributed by atoms with Crippen LogP contribution in [0.15, 0.2) is 23.8 Å². The van der Waals surface area contributed by atoms with E-state index in [1.54, 1.807) is 11.3 Å². The smallest absolute Gasteiger partial charge is 0.221 e. The first kappa shape index (κ1) is 10.8. The van der Waals surface area contributed by atoms with Crippen LogP contribution in [0.3, 0.4) is 0 Å². The standard InChI is InChI=1S/C10H12N4OS/c1-7-9(14-11)12-6-13-10(7)15-5-8-3-2-4-16-8/h2-4,6H,5,11H2,1H3,(H,12,13,14). The van der Waals surface area contributed by atoms with Crippen LogP contribution in [0, 0.1) is 6.92 Å². The minimum atomic E-state index is 0.513. The molecule has 6 heteroatoms. The molecule has 84 valence electrons. The van der Waals surface area contributed by atoms with E-state index >= 15 is 0 Å². The van der Waals surface area contributed by atoms with Gasteiger partial charge in [-0.3, -0.25) is 0 Å². The lowest BCUT2D eigenvalue weighted by Crippen LogP contribution is -2.11. The fraction of sp³-hybridized carbons (Fsp3) is 0.200. The van der Waals surface area contributed by atoms with Crippen LogP contribution in [0.1, 0.15) is 10.4 Å². The Hall–Kier alpha value is -1.66. The number of thiophene rings is 1. The second-order valence-corrected chi connectivity index (χ2v) is 4.20. The Morgan fingerprint density at radius 2 is 2.38 bits per heavy atom. The van der Waals surface area contributed by atoms with Crippen molar-refractivity contribution in [3.05, 3.63) is 34.3 Å². The molecule has 2 aromatic rings. The van der Waals surface area contributed by atoms with Crippen molar-refractivity contribution in [2.24, 2.45) is 5.84 Å². The molecular formula is C10H12N4OS. The second kappa shape index (κ2) is 4.91. The second-order valence-electron chi connectivity index (χ2n) is 3.16. The van der Waals surface area contributed by atoms with E-state index in [0.717, 1.165) is 10.4 Å². The molecule has 0 aliphatic carbocycles. The van der Waals surface area contributed by atoms with Gasteiger partial charge in [-0.05, 0) is 18.4 Å². The highest BCUT2D eigenvalue weighted by atomic mass is 32.1. The zero-order chi connectivity index (χ0) is 11.4. The van der Waals surface area contributed by atoms with Crippen molar-refractivity contribution in [2.45, 2.75) is 13.5 Å². The van der Waals surface area contributed by atoms with Gasteiger partial charge in [-0.25, -0.2) is 15.8 Å². The van der Waals surface area contributed by atoms with Gasteiger partial charge >= 0.3 is 0 Å². The number of rotatable bonds is 4. The summed E-state index contributed by atoms with van der Waals surface area (Å²) >= 11 is 1.65. The van der Waals surface area contributed by atoms with Gasteiger partial charge in [-0.2, -0.15) is 0 Å². The first-order valence-electron chi connectivity index (χ1n) is 4.74. The lowest BCUT2D eigenvalue weighted by molar-refractivity contribution is 0.294. The number of ether oxygens (including phenoxy) is 1. The van der Waals surface area contributed by atoms with Crippen molar-refractivity contribution in [3.63, 3.8) is 0 Å². The largest absolute Gasteiger partial charge is 0.472 e. The maximum absolute atomic E-state index is 5.59. The van der Waals surface area contributed by atoms with E-state index in [4.69, 9.17) is 10.6 Å². The number of nitrogen functional groups attached to an aromatic ring is 1. The van der Waals surface area contributed by atoms with Crippen LogP contribution in [0.4, 0.5) is 5.82 Å². The Labute approximate surface area is 97.3 Å². The van der Waals surface area contributed by atoms with E-state index in [9.17, 15) is 0 Å². The van der Waals surface area contributed by atoms with E-state index in [0.29, 0.717) is 18.3 Å². The summed E-state index contributed by atoms with van der Waals surface area (Å²) in [5, 5.41) is 2.01. The number of aromatic nitrogens is 2. The van der Waals surface area contributed by atoms with Gasteiger partial charge in [-0.15, -0.1) is 11.3 Å². The molecule has 0 radical (unpaired) electrons. The summed E-state index contributed by atoms with van der Waals surface area (Å²) in [7, 11) is 0. The number of hydrogen-bond acceptors (Lipinski definition) is 6. The van der Waals surface area contributed by atoms with Gasteiger partial charge in [-0.1, -0.05) is 6.07 Å². The first-order valence-corrected chi connectivity index (χ1v) is 5.62. The molecule has 0 saturated heterocycles. The molecule has 0 spiro atoms. The maximum Gasteiger partial charge on any atom is 0.221 e. The summed E-state index contributed by atoms with van der Waals surface area (Å²) < 4.78 is 5.59. The average Bonchev–Trinajstić information content (AvgIpc) is 2.81. The molecule has 2 aromatic heterocycles. The van der Waals surface area contributed by atoms with Crippen molar-refractivity contribution in [1.29, 1.82) is 0 Å². The number of nitrogens with one attached hydrogen (secondary N) is 1. The summed E-state index contributed by atoms with van der Waals surface area (Å²) in [5.74, 6) is 6.45. The molecule has 0 aromatic carbocycles. The Balaban J connectivity index is 2.09. The zero-order valence-electron chi connectivity index (χ0n) is 8.80. The van der Waals surface area contributed by atoms with Gasteiger partial charge in [0.15, 0.2) is 0 Å².